The smallest absolute Gasteiger partial charge is 0.339 e. The summed E-state index contributed by atoms with van der Waals surface area (Å²) in [5.41, 5.74) is 2.50. The summed E-state index contributed by atoms with van der Waals surface area (Å²) in [6.45, 7) is 2.27. The third-order valence-electron chi connectivity index (χ3n) is 2.83. The first kappa shape index (κ1) is 14.0. The van der Waals surface area contributed by atoms with Gasteiger partial charge in [-0.2, -0.15) is 0 Å². The number of ether oxygens (including phenoxy) is 1. The minimum atomic E-state index is -0.429. The van der Waals surface area contributed by atoms with Crippen molar-refractivity contribution in [3.63, 3.8) is 0 Å². The van der Waals surface area contributed by atoms with E-state index in [1.54, 1.807) is 24.3 Å². The first-order chi connectivity index (χ1) is 9.60. The second-order valence-electron chi connectivity index (χ2n) is 4.37. The van der Waals surface area contributed by atoms with Gasteiger partial charge in [0, 0.05) is 6.20 Å². The van der Waals surface area contributed by atoms with Crippen LogP contribution in [0.2, 0.25) is 0 Å². The predicted octanol–water partition coefficient (Wildman–Crippen LogP) is 2.93. The van der Waals surface area contributed by atoms with E-state index in [1.165, 1.54) is 19.4 Å². The zero-order valence-corrected chi connectivity index (χ0v) is 11.3. The largest absolute Gasteiger partial charge is 0.465 e. The molecule has 20 heavy (non-hydrogen) atoms. The molecule has 0 spiro atoms. The zero-order chi connectivity index (χ0) is 14.5. The number of carbonyl (C=O) groups excluding carboxylic acids is 1. The maximum absolute atomic E-state index is 13.5. The highest BCUT2D eigenvalue weighted by atomic mass is 19.1. The predicted molar refractivity (Wildman–Crippen MR) is 74.0 cm³/mol. The Morgan fingerprint density at radius 3 is 2.80 bits per heavy atom. The number of carbonyl (C=O) groups is 1. The minimum absolute atomic E-state index is 0.304. The third kappa shape index (κ3) is 3.32. The van der Waals surface area contributed by atoms with E-state index >= 15 is 0 Å². The fourth-order valence-corrected chi connectivity index (χ4v) is 1.73. The number of esters is 1. The zero-order valence-electron chi connectivity index (χ0n) is 11.3. The van der Waals surface area contributed by atoms with Crippen molar-refractivity contribution in [3.8, 4) is 0 Å². The number of nitrogens with one attached hydrogen (secondary N) is 1. The van der Waals surface area contributed by atoms with Gasteiger partial charge in [-0.15, -0.1) is 0 Å². The van der Waals surface area contributed by atoms with E-state index in [-0.39, 0.29) is 5.82 Å². The molecule has 0 amide bonds. The Morgan fingerprint density at radius 2 is 2.15 bits per heavy atom. The molecular weight excluding hydrogens is 259 g/mol. The Morgan fingerprint density at radius 1 is 1.35 bits per heavy atom. The van der Waals surface area contributed by atoms with Crippen LogP contribution in [0.5, 0.6) is 0 Å². The van der Waals surface area contributed by atoms with Gasteiger partial charge in [-0.3, -0.25) is 4.98 Å². The Labute approximate surface area is 116 Å². The molecule has 1 aromatic heterocycles. The molecule has 0 aliphatic carbocycles. The molecule has 1 heterocycles. The first-order valence-electron chi connectivity index (χ1n) is 6.13. The summed E-state index contributed by atoms with van der Waals surface area (Å²) in [4.78, 5) is 15.4. The van der Waals surface area contributed by atoms with Crippen molar-refractivity contribution in [2.75, 3.05) is 12.4 Å². The van der Waals surface area contributed by atoms with Crippen LogP contribution in [0.15, 0.2) is 36.5 Å². The van der Waals surface area contributed by atoms with Crippen LogP contribution in [0.3, 0.4) is 0 Å². The number of pyridine rings is 1. The van der Waals surface area contributed by atoms with E-state index in [0.717, 1.165) is 5.56 Å². The molecule has 0 aliphatic rings. The number of halogens is 1. The number of hydrogen-bond donors (Lipinski definition) is 1. The monoisotopic (exact) mass is 274 g/mol. The fourth-order valence-electron chi connectivity index (χ4n) is 1.73. The Balaban J connectivity index is 2.04. The number of anilines is 1. The van der Waals surface area contributed by atoms with Gasteiger partial charge in [0.2, 0.25) is 0 Å². The molecule has 5 heteroatoms. The van der Waals surface area contributed by atoms with Gasteiger partial charge in [-0.1, -0.05) is 6.07 Å². The van der Waals surface area contributed by atoms with Crippen LogP contribution in [0.25, 0.3) is 0 Å². The van der Waals surface area contributed by atoms with Crippen LogP contribution < -0.4 is 5.32 Å². The maximum Gasteiger partial charge on any atom is 0.339 e. The lowest BCUT2D eigenvalue weighted by Gasteiger charge is -2.08. The van der Waals surface area contributed by atoms with Crippen LogP contribution >= 0.6 is 0 Å². The number of methoxy groups -OCH3 is 1. The number of nitrogens with zero attached hydrogens (tertiary/aromatic N) is 1. The molecule has 2 rings (SSSR count). The molecule has 0 aliphatic heterocycles. The van der Waals surface area contributed by atoms with Gasteiger partial charge in [0.25, 0.3) is 0 Å². The SMILES string of the molecule is COC(=O)c1ccc(CNc2cc(C)ccc2F)nc1. The van der Waals surface area contributed by atoms with E-state index in [4.69, 9.17) is 0 Å². The summed E-state index contributed by atoms with van der Waals surface area (Å²) in [6.07, 6.45) is 1.44. The average molecular weight is 274 g/mol. The summed E-state index contributed by atoms with van der Waals surface area (Å²) < 4.78 is 18.1. The van der Waals surface area contributed by atoms with Crippen LogP contribution in [0.4, 0.5) is 10.1 Å². The first-order valence-corrected chi connectivity index (χ1v) is 6.13. The van der Waals surface area contributed by atoms with E-state index in [0.29, 0.717) is 23.5 Å². The van der Waals surface area contributed by atoms with Crippen molar-refractivity contribution in [1.29, 1.82) is 0 Å². The van der Waals surface area contributed by atoms with Crippen molar-refractivity contribution < 1.29 is 13.9 Å². The van der Waals surface area contributed by atoms with Crippen molar-refractivity contribution in [3.05, 3.63) is 59.2 Å². The van der Waals surface area contributed by atoms with Crippen LogP contribution in [0.1, 0.15) is 21.6 Å². The van der Waals surface area contributed by atoms with Crippen molar-refractivity contribution >= 4 is 11.7 Å². The summed E-state index contributed by atoms with van der Waals surface area (Å²) in [5, 5.41) is 2.98. The van der Waals surface area contributed by atoms with E-state index in [2.05, 4.69) is 15.0 Å². The van der Waals surface area contributed by atoms with Gasteiger partial charge in [0.1, 0.15) is 5.82 Å². The molecule has 1 aromatic carbocycles. The lowest BCUT2D eigenvalue weighted by Crippen LogP contribution is -2.06. The molecule has 0 atom stereocenters. The average Bonchev–Trinajstić information content (AvgIpc) is 2.48. The van der Waals surface area contributed by atoms with Gasteiger partial charge in [0.05, 0.1) is 30.6 Å². The number of benzene rings is 1. The lowest BCUT2D eigenvalue weighted by atomic mass is 10.2. The molecule has 104 valence electrons. The topological polar surface area (TPSA) is 51.2 Å². The summed E-state index contributed by atoms with van der Waals surface area (Å²) in [5.74, 6) is -0.733. The van der Waals surface area contributed by atoms with E-state index in [1.807, 2.05) is 6.92 Å². The van der Waals surface area contributed by atoms with Gasteiger partial charge in [0.15, 0.2) is 0 Å². The normalized spacial score (nSPS) is 10.2. The van der Waals surface area contributed by atoms with Crippen molar-refractivity contribution in [2.45, 2.75) is 13.5 Å². The van der Waals surface area contributed by atoms with Crippen LogP contribution in [0, 0.1) is 12.7 Å². The molecule has 0 fully saturated rings. The molecule has 0 saturated heterocycles. The third-order valence-corrected chi connectivity index (χ3v) is 2.83. The van der Waals surface area contributed by atoms with E-state index in [9.17, 15) is 9.18 Å². The highest BCUT2D eigenvalue weighted by molar-refractivity contribution is 5.88. The van der Waals surface area contributed by atoms with Crippen LogP contribution in [-0.4, -0.2) is 18.1 Å². The standard InChI is InChI=1S/C15H15FN2O2/c1-10-3-6-13(16)14(7-10)18-9-12-5-4-11(8-17-12)15(19)20-2/h3-8,18H,9H2,1-2H3. The number of hydrogen-bond acceptors (Lipinski definition) is 4. The molecule has 4 nitrogen and oxygen atoms in total. The molecule has 1 N–H and O–H groups in total. The highest BCUT2D eigenvalue weighted by Gasteiger charge is 2.06. The maximum atomic E-state index is 13.5. The van der Waals surface area contributed by atoms with Gasteiger partial charge in [-0.25, -0.2) is 9.18 Å². The van der Waals surface area contributed by atoms with Gasteiger partial charge in [-0.05, 0) is 36.8 Å². The van der Waals surface area contributed by atoms with Gasteiger partial charge >= 0.3 is 5.97 Å². The number of aromatic nitrogens is 1. The Hall–Kier alpha value is -2.43. The second kappa shape index (κ2) is 6.14. The van der Waals surface area contributed by atoms with Crippen molar-refractivity contribution in [2.24, 2.45) is 0 Å². The molecule has 0 unspecified atom stereocenters. The van der Waals surface area contributed by atoms with Crippen molar-refractivity contribution in [1.82, 2.24) is 4.98 Å². The lowest BCUT2D eigenvalue weighted by molar-refractivity contribution is 0.0600. The molecule has 0 saturated carbocycles. The number of aryl methyl sites for hydroxylation is 1. The minimum Gasteiger partial charge on any atom is -0.465 e. The summed E-state index contributed by atoms with van der Waals surface area (Å²) in [6, 6.07) is 8.20. The van der Waals surface area contributed by atoms with Gasteiger partial charge < -0.3 is 10.1 Å². The Bertz CT molecular complexity index is 612. The van der Waals surface area contributed by atoms with E-state index < -0.39 is 5.97 Å². The molecule has 2 aromatic rings. The van der Waals surface area contributed by atoms with Crippen LogP contribution in [-0.2, 0) is 11.3 Å². The number of rotatable bonds is 4. The second-order valence-corrected chi connectivity index (χ2v) is 4.37. The summed E-state index contributed by atoms with van der Waals surface area (Å²) >= 11 is 0. The molecule has 0 bridgehead atoms. The fraction of sp³-hybridized carbons (Fsp3) is 0.200. The Kier molecular flexibility index (Phi) is 4.30. The molecule has 0 radical (unpaired) electrons. The summed E-state index contributed by atoms with van der Waals surface area (Å²) in [7, 11) is 1.32. The quantitative estimate of drug-likeness (QED) is 0.871. The molecular formula is C15H15FN2O2. The highest BCUT2D eigenvalue weighted by Crippen LogP contribution is 2.16.